The summed E-state index contributed by atoms with van der Waals surface area (Å²) in [5.74, 6) is 1.80. The van der Waals surface area contributed by atoms with Crippen molar-refractivity contribution in [2.45, 2.75) is 0 Å². The third-order valence-corrected chi connectivity index (χ3v) is 4.35. The quantitative estimate of drug-likeness (QED) is 0.793. The van der Waals surface area contributed by atoms with Crippen LogP contribution in [-0.2, 0) is 4.74 Å². The Labute approximate surface area is 146 Å². The number of morpholine rings is 1. The number of para-hydroxylation sites is 1. The molecule has 0 bridgehead atoms. The molecule has 1 aliphatic heterocycles. The van der Waals surface area contributed by atoms with Crippen LogP contribution in [-0.4, -0.2) is 48.6 Å². The highest BCUT2D eigenvalue weighted by Gasteiger charge is 2.13. The van der Waals surface area contributed by atoms with E-state index in [1.807, 2.05) is 42.6 Å². The number of hydrogen-bond acceptors (Lipinski definition) is 5. The number of benzene rings is 1. The van der Waals surface area contributed by atoms with Crippen LogP contribution in [0.4, 0.5) is 5.82 Å². The van der Waals surface area contributed by atoms with Gasteiger partial charge in [-0.1, -0.05) is 12.1 Å². The second-order valence-electron chi connectivity index (χ2n) is 5.87. The molecule has 128 valence electrons. The van der Waals surface area contributed by atoms with Crippen molar-refractivity contribution < 1.29 is 9.47 Å². The lowest BCUT2D eigenvalue weighted by Crippen LogP contribution is -2.36. The lowest BCUT2D eigenvalue weighted by atomic mass is 10.1. The summed E-state index contributed by atoms with van der Waals surface area (Å²) in [6.07, 6.45) is 1.87. The van der Waals surface area contributed by atoms with Crippen molar-refractivity contribution in [2.24, 2.45) is 0 Å². The molecule has 0 aliphatic carbocycles. The zero-order chi connectivity index (χ0) is 17.1. The van der Waals surface area contributed by atoms with Crippen LogP contribution in [0.25, 0.3) is 22.5 Å². The molecule has 2 aromatic heterocycles. The number of methoxy groups -OCH3 is 1. The minimum atomic E-state index is 0.755. The van der Waals surface area contributed by atoms with Crippen LogP contribution >= 0.6 is 0 Å². The Kier molecular flexibility index (Phi) is 4.35. The van der Waals surface area contributed by atoms with Gasteiger partial charge < -0.3 is 14.4 Å². The standard InChI is InChI=1S/C19H20N4O2/c1-24-18-5-3-2-4-15(18)17-12-16(21-22-17)14-6-7-19(20-13-14)23-8-10-25-11-9-23/h2-7,12-13H,8-11H2,1H3,(H,21,22). The van der Waals surface area contributed by atoms with E-state index < -0.39 is 0 Å². The van der Waals surface area contributed by atoms with E-state index in [9.17, 15) is 0 Å². The third-order valence-electron chi connectivity index (χ3n) is 4.35. The molecule has 6 nitrogen and oxygen atoms in total. The first-order valence-electron chi connectivity index (χ1n) is 8.33. The molecule has 3 aromatic rings. The van der Waals surface area contributed by atoms with Crippen molar-refractivity contribution in [3.05, 3.63) is 48.7 Å². The molecular formula is C19H20N4O2. The maximum Gasteiger partial charge on any atom is 0.128 e. The Morgan fingerprint density at radius 3 is 2.72 bits per heavy atom. The number of hydrogen-bond donors (Lipinski definition) is 1. The molecular weight excluding hydrogens is 316 g/mol. The number of aromatic nitrogens is 3. The summed E-state index contributed by atoms with van der Waals surface area (Å²) >= 11 is 0. The maximum absolute atomic E-state index is 5.42. The molecule has 0 unspecified atom stereocenters. The van der Waals surface area contributed by atoms with Gasteiger partial charge in [0.05, 0.1) is 31.7 Å². The number of ether oxygens (including phenoxy) is 2. The molecule has 4 rings (SSSR count). The van der Waals surface area contributed by atoms with E-state index in [-0.39, 0.29) is 0 Å². The number of rotatable bonds is 4. The first kappa shape index (κ1) is 15.7. The molecule has 6 heteroatoms. The van der Waals surface area contributed by atoms with Crippen LogP contribution in [0.2, 0.25) is 0 Å². The van der Waals surface area contributed by atoms with E-state index in [0.717, 1.165) is 60.4 Å². The number of H-pyrrole nitrogens is 1. The van der Waals surface area contributed by atoms with Crippen LogP contribution < -0.4 is 9.64 Å². The van der Waals surface area contributed by atoms with Crippen molar-refractivity contribution in [1.29, 1.82) is 0 Å². The molecule has 0 radical (unpaired) electrons. The Balaban J connectivity index is 1.57. The van der Waals surface area contributed by atoms with Crippen LogP contribution in [0.15, 0.2) is 48.7 Å². The SMILES string of the molecule is COc1ccccc1-c1cc(-c2ccc(N3CCOCC3)nc2)n[nH]1. The molecule has 1 aromatic carbocycles. The van der Waals surface area contributed by atoms with Crippen molar-refractivity contribution >= 4 is 5.82 Å². The molecule has 1 saturated heterocycles. The number of aromatic amines is 1. The first-order valence-corrected chi connectivity index (χ1v) is 8.33. The van der Waals surface area contributed by atoms with Gasteiger partial charge in [0.15, 0.2) is 0 Å². The van der Waals surface area contributed by atoms with Gasteiger partial charge in [-0.2, -0.15) is 5.10 Å². The lowest BCUT2D eigenvalue weighted by molar-refractivity contribution is 0.122. The fraction of sp³-hybridized carbons (Fsp3) is 0.263. The van der Waals surface area contributed by atoms with Crippen molar-refractivity contribution in [1.82, 2.24) is 15.2 Å². The summed E-state index contributed by atoms with van der Waals surface area (Å²) in [4.78, 5) is 6.82. The number of nitrogens with zero attached hydrogens (tertiary/aromatic N) is 3. The second-order valence-corrected chi connectivity index (χ2v) is 5.87. The molecule has 1 fully saturated rings. The Morgan fingerprint density at radius 1 is 1.12 bits per heavy atom. The monoisotopic (exact) mass is 336 g/mol. The van der Waals surface area contributed by atoms with E-state index in [1.165, 1.54) is 0 Å². The molecule has 0 amide bonds. The van der Waals surface area contributed by atoms with Crippen LogP contribution in [0.5, 0.6) is 5.75 Å². The molecule has 3 heterocycles. The van der Waals surface area contributed by atoms with Gasteiger partial charge in [0.2, 0.25) is 0 Å². The van der Waals surface area contributed by atoms with Crippen LogP contribution in [0, 0.1) is 0 Å². The summed E-state index contributed by atoms with van der Waals surface area (Å²) < 4.78 is 10.8. The summed E-state index contributed by atoms with van der Waals surface area (Å²) in [6.45, 7) is 3.27. The third kappa shape index (κ3) is 3.21. The Hall–Kier alpha value is -2.86. The predicted octanol–water partition coefficient (Wildman–Crippen LogP) is 2.98. The topological polar surface area (TPSA) is 63.3 Å². The zero-order valence-corrected chi connectivity index (χ0v) is 14.1. The van der Waals surface area contributed by atoms with E-state index >= 15 is 0 Å². The van der Waals surface area contributed by atoms with E-state index in [2.05, 4.69) is 26.1 Å². The predicted molar refractivity (Wildman–Crippen MR) is 96.8 cm³/mol. The van der Waals surface area contributed by atoms with Crippen LogP contribution in [0.1, 0.15) is 0 Å². The normalized spacial score (nSPS) is 14.5. The van der Waals surface area contributed by atoms with E-state index in [0.29, 0.717) is 0 Å². The second kappa shape index (κ2) is 6.94. The summed E-state index contributed by atoms with van der Waals surface area (Å²) in [7, 11) is 1.67. The van der Waals surface area contributed by atoms with E-state index in [4.69, 9.17) is 9.47 Å². The van der Waals surface area contributed by atoms with Crippen molar-refractivity contribution in [2.75, 3.05) is 38.3 Å². The van der Waals surface area contributed by atoms with Crippen molar-refractivity contribution in [3.8, 4) is 28.3 Å². The number of pyridine rings is 1. The van der Waals surface area contributed by atoms with Gasteiger partial charge in [-0.3, -0.25) is 5.10 Å². The lowest BCUT2D eigenvalue weighted by Gasteiger charge is -2.27. The summed E-state index contributed by atoms with van der Waals surface area (Å²) in [5, 5.41) is 7.51. The summed E-state index contributed by atoms with van der Waals surface area (Å²) in [6, 6.07) is 14.0. The van der Waals surface area contributed by atoms with E-state index in [1.54, 1.807) is 7.11 Å². The molecule has 0 atom stereocenters. The largest absolute Gasteiger partial charge is 0.496 e. The highest BCUT2D eigenvalue weighted by Crippen LogP contribution is 2.30. The van der Waals surface area contributed by atoms with Gasteiger partial charge in [0, 0.05) is 30.4 Å². The maximum atomic E-state index is 5.42. The molecule has 1 N–H and O–H groups in total. The fourth-order valence-corrected chi connectivity index (χ4v) is 2.99. The van der Waals surface area contributed by atoms with Crippen LogP contribution in [0.3, 0.4) is 0 Å². The molecule has 1 aliphatic rings. The highest BCUT2D eigenvalue weighted by atomic mass is 16.5. The smallest absolute Gasteiger partial charge is 0.128 e. The van der Waals surface area contributed by atoms with Gasteiger partial charge in [-0.25, -0.2) is 4.98 Å². The zero-order valence-electron chi connectivity index (χ0n) is 14.1. The Bertz CT molecular complexity index is 839. The molecule has 0 spiro atoms. The fourth-order valence-electron chi connectivity index (χ4n) is 2.99. The van der Waals surface area contributed by atoms with Gasteiger partial charge in [-0.15, -0.1) is 0 Å². The minimum absolute atomic E-state index is 0.755. The van der Waals surface area contributed by atoms with Gasteiger partial charge in [-0.05, 0) is 30.3 Å². The average molecular weight is 336 g/mol. The molecule has 0 saturated carbocycles. The molecule has 25 heavy (non-hydrogen) atoms. The summed E-state index contributed by atoms with van der Waals surface area (Å²) in [5.41, 5.74) is 3.75. The Morgan fingerprint density at radius 2 is 1.96 bits per heavy atom. The number of nitrogens with one attached hydrogen (secondary N) is 1. The number of anilines is 1. The van der Waals surface area contributed by atoms with Crippen molar-refractivity contribution in [3.63, 3.8) is 0 Å². The van der Waals surface area contributed by atoms with Gasteiger partial charge >= 0.3 is 0 Å². The minimum Gasteiger partial charge on any atom is -0.496 e. The van der Waals surface area contributed by atoms with Gasteiger partial charge in [0.25, 0.3) is 0 Å². The average Bonchev–Trinajstić information content (AvgIpc) is 3.19. The first-order chi connectivity index (χ1) is 12.3. The highest BCUT2D eigenvalue weighted by molar-refractivity contribution is 5.72. The van der Waals surface area contributed by atoms with Gasteiger partial charge in [0.1, 0.15) is 11.6 Å².